The molecule has 1 N–H and O–H groups in total. The predicted molar refractivity (Wildman–Crippen MR) is 101 cm³/mol. The van der Waals surface area contributed by atoms with Crippen molar-refractivity contribution in [3.05, 3.63) is 52.7 Å². The Morgan fingerprint density at radius 2 is 1.88 bits per heavy atom. The van der Waals surface area contributed by atoms with Crippen molar-refractivity contribution >= 4 is 33.3 Å². The van der Waals surface area contributed by atoms with Crippen LogP contribution in [0.15, 0.2) is 41.4 Å². The highest BCUT2D eigenvalue weighted by Gasteiger charge is 2.28. The highest BCUT2D eigenvalue weighted by atomic mass is 35.5. The van der Waals surface area contributed by atoms with Crippen LogP contribution >= 0.6 is 11.6 Å². The van der Waals surface area contributed by atoms with Crippen LogP contribution in [0.2, 0.25) is 5.02 Å². The minimum Gasteiger partial charge on any atom is -0.307 e. The Kier molecular flexibility index (Phi) is 5.60. The minimum absolute atomic E-state index is 0.0362. The maximum absolute atomic E-state index is 12.9. The number of sulfonamides is 1. The van der Waals surface area contributed by atoms with Gasteiger partial charge in [0.2, 0.25) is 10.0 Å². The second-order valence-electron chi connectivity index (χ2n) is 6.28. The number of carbonyl (C=O) groups excluding carboxylic acids is 1. The average molecular weight is 394 g/mol. The van der Waals surface area contributed by atoms with Gasteiger partial charge in [-0.25, -0.2) is 13.4 Å². The molecule has 1 aromatic carbocycles. The largest absolute Gasteiger partial charge is 0.307 e. The van der Waals surface area contributed by atoms with E-state index in [1.165, 1.54) is 22.5 Å². The average Bonchev–Trinajstić information content (AvgIpc) is 2.62. The number of aryl methyl sites for hydroxylation is 1. The summed E-state index contributed by atoms with van der Waals surface area (Å²) < 4.78 is 27.2. The SMILES string of the molecule is Cc1ccnc(NC(=O)c2ccc(Cl)c(S(=O)(=O)N3CCCCC3)c2)c1. The topological polar surface area (TPSA) is 79.4 Å². The molecular formula is C18H20ClN3O3S. The van der Waals surface area contributed by atoms with Crippen molar-refractivity contribution in [1.29, 1.82) is 0 Å². The van der Waals surface area contributed by atoms with Crippen molar-refractivity contribution < 1.29 is 13.2 Å². The van der Waals surface area contributed by atoms with Gasteiger partial charge in [0, 0.05) is 24.8 Å². The summed E-state index contributed by atoms with van der Waals surface area (Å²) in [4.78, 5) is 16.5. The number of nitrogens with one attached hydrogen (secondary N) is 1. The van der Waals surface area contributed by atoms with E-state index < -0.39 is 15.9 Å². The molecule has 0 saturated carbocycles. The fraction of sp³-hybridized carbons (Fsp3) is 0.333. The molecule has 0 radical (unpaired) electrons. The number of halogens is 1. The van der Waals surface area contributed by atoms with Crippen LogP contribution in [0.3, 0.4) is 0 Å². The third-order valence-corrected chi connectivity index (χ3v) is 6.66. The highest BCUT2D eigenvalue weighted by molar-refractivity contribution is 7.89. The van der Waals surface area contributed by atoms with Crippen LogP contribution in [0, 0.1) is 6.92 Å². The molecule has 0 unspecified atom stereocenters. The van der Waals surface area contributed by atoms with Gasteiger partial charge in [-0.15, -0.1) is 0 Å². The molecular weight excluding hydrogens is 374 g/mol. The molecule has 1 aliphatic heterocycles. The molecule has 1 aliphatic rings. The van der Waals surface area contributed by atoms with Gasteiger partial charge in [-0.2, -0.15) is 4.31 Å². The van der Waals surface area contributed by atoms with Gasteiger partial charge in [0.25, 0.3) is 5.91 Å². The van der Waals surface area contributed by atoms with E-state index in [1.807, 2.05) is 13.0 Å². The van der Waals surface area contributed by atoms with Gasteiger partial charge in [-0.05, 0) is 55.7 Å². The second-order valence-corrected chi connectivity index (χ2v) is 8.60. The van der Waals surface area contributed by atoms with E-state index in [4.69, 9.17) is 11.6 Å². The standard InChI is InChI=1S/C18H20ClN3O3S/c1-13-7-8-20-17(11-13)21-18(23)14-5-6-15(19)16(12-14)26(24,25)22-9-3-2-4-10-22/h5-8,11-12H,2-4,9-10H2,1H3,(H,20,21,23). The Morgan fingerprint density at radius 1 is 1.15 bits per heavy atom. The van der Waals surface area contributed by atoms with E-state index >= 15 is 0 Å². The van der Waals surface area contributed by atoms with Crippen LogP contribution in [0.5, 0.6) is 0 Å². The monoisotopic (exact) mass is 393 g/mol. The summed E-state index contributed by atoms with van der Waals surface area (Å²) in [7, 11) is -3.72. The molecule has 1 fully saturated rings. The first-order valence-electron chi connectivity index (χ1n) is 8.41. The number of hydrogen-bond donors (Lipinski definition) is 1. The van der Waals surface area contributed by atoms with E-state index in [0.717, 1.165) is 24.8 Å². The highest BCUT2D eigenvalue weighted by Crippen LogP contribution is 2.28. The molecule has 0 bridgehead atoms. The number of hydrogen-bond acceptors (Lipinski definition) is 4. The van der Waals surface area contributed by atoms with Gasteiger partial charge in [0.15, 0.2) is 0 Å². The normalized spacial score (nSPS) is 15.6. The molecule has 0 atom stereocenters. The third-order valence-electron chi connectivity index (χ3n) is 4.28. The number of rotatable bonds is 4. The quantitative estimate of drug-likeness (QED) is 0.862. The Labute approximate surface area is 158 Å². The van der Waals surface area contributed by atoms with Gasteiger partial charge in [-0.1, -0.05) is 18.0 Å². The molecule has 6 nitrogen and oxygen atoms in total. The van der Waals surface area contributed by atoms with E-state index in [-0.39, 0.29) is 15.5 Å². The van der Waals surface area contributed by atoms with Crippen LogP contribution in [0.4, 0.5) is 5.82 Å². The first-order valence-corrected chi connectivity index (χ1v) is 10.2. The minimum atomic E-state index is -3.72. The Balaban J connectivity index is 1.88. The summed E-state index contributed by atoms with van der Waals surface area (Å²) in [6.45, 7) is 2.84. The molecule has 0 aliphatic carbocycles. The molecule has 1 saturated heterocycles. The van der Waals surface area contributed by atoms with Gasteiger partial charge < -0.3 is 5.32 Å². The number of pyridine rings is 1. The van der Waals surface area contributed by atoms with Crippen LogP contribution in [0.1, 0.15) is 35.2 Å². The van der Waals surface area contributed by atoms with E-state index in [2.05, 4.69) is 10.3 Å². The van der Waals surface area contributed by atoms with Gasteiger partial charge in [-0.3, -0.25) is 4.79 Å². The number of benzene rings is 1. The molecule has 138 valence electrons. The Morgan fingerprint density at radius 3 is 2.58 bits per heavy atom. The van der Waals surface area contributed by atoms with Crippen molar-refractivity contribution in [1.82, 2.24) is 9.29 Å². The summed E-state index contributed by atoms with van der Waals surface area (Å²) in [5.41, 5.74) is 1.17. The maximum Gasteiger partial charge on any atom is 0.256 e. The lowest BCUT2D eigenvalue weighted by molar-refractivity contribution is 0.102. The van der Waals surface area contributed by atoms with E-state index in [9.17, 15) is 13.2 Å². The summed E-state index contributed by atoms with van der Waals surface area (Å²) >= 11 is 6.14. The first-order chi connectivity index (χ1) is 12.4. The van der Waals surface area contributed by atoms with Crippen LogP contribution in [-0.2, 0) is 10.0 Å². The summed E-state index contributed by atoms with van der Waals surface area (Å²) in [5.74, 6) is -0.0275. The van der Waals surface area contributed by atoms with Crippen molar-refractivity contribution in [2.75, 3.05) is 18.4 Å². The van der Waals surface area contributed by atoms with E-state index in [0.29, 0.717) is 18.9 Å². The lowest BCUT2D eigenvalue weighted by Crippen LogP contribution is -2.35. The first kappa shape index (κ1) is 18.8. The molecule has 8 heteroatoms. The number of piperidine rings is 1. The second kappa shape index (κ2) is 7.73. The van der Waals surface area contributed by atoms with Crippen molar-refractivity contribution in [2.24, 2.45) is 0 Å². The summed E-state index contributed by atoms with van der Waals surface area (Å²) in [6.07, 6.45) is 4.27. The molecule has 3 rings (SSSR count). The Hall–Kier alpha value is -1.96. The number of amides is 1. The molecule has 2 heterocycles. The fourth-order valence-electron chi connectivity index (χ4n) is 2.88. The zero-order valence-corrected chi connectivity index (χ0v) is 16.0. The smallest absolute Gasteiger partial charge is 0.256 e. The van der Waals surface area contributed by atoms with Crippen LogP contribution < -0.4 is 5.32 Å². The van der Waals surface area contributed by atoms with Gasteiger partial charge in [0.05, 0.1) is 5.02 Å². The Bertz CT molecular complexity index is 925. The van der Waals surface area contributed by atoms with Crippen LogP contribution in [0.25, 0.3) is 0 Å². The van der Waals surface area contributed by atoms with Crippen molar-refractivity contribution in [3.63, 3.8) is 0 Å². The molecule has 26 heavy (non-hydrogen) atoms. The maximum atomic E-state index is 12.9. The third kappa shape index (κ3) is 4.06. The fourth-order valence-corrected chi connectivity index (χ4v) is 4.90. The molecule has 1 amide bonds. The van der Waals surface area contributed by atoms with Gasteiger partial charge in [0.1, 0.15) is 10.7 Å². The van der Waals surface area contributed by atoms with E-state index in [1.54, 1.807) is 12.3 Å². The molecule has 2 aromatic rings. The zero-order valence-electron chi connectivity index (χ0n) is 14.4. The predicted octanol–water partition coefficient (Wildman–Crippen LogP) is 3.47. The summed E-state index contributed by atoms with van der Waals surface area (Å²) in [6, 6.07) is 7.83. The molecule has 0 spiro atoms. The lowest BCUT2D eigenvalue weighted by Gasteiger charge is -2.26. The molecule has 1 aromatic heterocycles. The summed E-state index contributed by atoms with van der Waals surface area (Å²) in [5, 5.41) is 2.79. The number of anilines is 1. The van der Waals surface area contributed by atoms with Crippen molar-refractivity contribution in [2.45, 2.75) is 31.1 Å². The lowest BCUT2D eigenvalue weighted by atomic mass is 10.2. The van der Waals surface area contributed by atoms with Crippen molar-refractivity contribution in [3.8, 4) is 0 Å². The van der Waals surface area contributed by atoms with Gasteiger partial charge >= 0.3 is 0 Å². The zero-order chi connectivity index (χ0) is 18.7. The van der Waals surface area contributed by atoms with Crippen LogP contribution in [-0.4, -0.2) is 36.7 Å². The number of aromatic nitrogens is 1. The number of carbonyl (C=O) groups is 1. The number of nitrogens with zero attached hydrogens (tertiary/aromatic N) is 2.